The van der Waals surface area contributed by atoms with Crippen molar-refractivity contribution in [1.29, 1.82) is 10.5 Å². The summed E-state index contributed by atoms with van der Waals surface area (Å²) in [6.07, 6.45) is 0. The van der Waals surface area contributed by atoms with E-state index in [-0.39, 0.29) is 0 Å². The van der Waals surface area contributed by atoms with Crippen LogP contribution in [0.3, 0.4) is 0 Å². The van der Waals surface area contributed by atoms with E-state index in [9.17, 15) is 31.6 Å². The summed E-state index contributed by atoms with van der Waals surface area (Å²) < 4.78 is 177. The van der Waals surface area contributed by atoms with Crippen molar-refractivity contribution in [3.05, 3.63) is 154 Å². The lowest BCUT2D eigenvalue weighted by Gasteiger charge is -2.08. The van der Waals surface area contributed by atoms with Crippen LogP contribution in [-0.2, 0) is 0 Å². The van der Waals surface area contributed by atoms with Gasteiger partial charge < -0.3 is 0 Å². The molecular weight excluding hydrogens is 672 g/mol. The molecule has 234 valence electrons. The molecule has 1 aliphatic rings. The fourth-order valence-electron chi connectivity index (χ4n) is 4.42. The van der Waals surface area contributed by atoms with Crippen molar-refractivity contribution in [3.63, 3.8) is 0 Å². The van der Waals surface area contributed by atoms with Crippen LogP contribution in [0.1, 0.15) is 22.3 Å². The predicted molar refractivity (Wildman–Crippen MR) is 136 cm³/mol. The monoisotopic (exact) mass is 672 g/mol. The summed E-state index contributed by atoms with van der Waals surface area (Å²) >= 11 is 0. The zero-order valence-corrected chi connectivity index (χ0v) is 22.2. The first-order valence-electron chi connectivity index (χ1n) is 11.8. The van der Waals surface area contributed by atoms with Crippen molar-refractivity contribution in [2.24, 2.45) is 0 Å². The fourth-order valence-corrected chi connectivity index (χ4v) is 4.42. The smallest absolute Gasteiger partial charge is 0.237 e. The largest absolute Gasteiger partial charge is 0.262 e. The molecule has 0 amide bonds. The van der Waals surface area contributed by atoms with Crippen molar-refractivity contribution in [1.82, 2.24) is 0 Å². The van der Waals surface area contributed by atoms with Gasteiger partial charge in [0.2, 0.25) is 11.4 Å². The number of hydrogen-bond donors (Lipinski definition) is 0. The molecule has 0 radical (unpaired) electrons. The molecule has 3 aromatic rings. The average molecular weight is 672 g/mol. The second-order valence-corrected chi connectivity index (χ2v) is 8.83. The van der Waals surface area contributed by atoms with Gasteiger partial charge in [0.05, 0.1) is 48.6 Å². The van der Waals surface area contributed by atoms with E-state index in [0.717, 1.165) is 12.1 Å². The first-order valence-corrected chi connectivity index (χ1v) is 11.8. The molecule has 3 aromatic carbocycles. The number of nitriles is 2. The van der Waals surface area contributed by atoms with Crippen molar-refractivity contribution < 1.29 is 52.7 Å². The van der Waals surface area contributed by atoms with Gasteiger partial charge in [0.25, 0.3) is 11.4 Å². The van der Waals surface area contributed by atoms with Gasteiger partial charge in [-0.1, -0.05) is 0 Å². The fraction of sp³-hybridized carbons (Fsp3) is 0. The SMILES string of the molecule is [C-]#[N+]C(=C1C(=C(C#N)c2c(F)c(F)c(C#N)c(F)c2F)C1=C([N+]#[C-])c1c(F)c(F)c([N+]#[C-])c(F)c1F)c1c(F)c(F)c([N+]#[C-])c(F)c1F. The molecule has 0 heterocycles. The lowest BCUT2D eigenvalue weighted by Crippen LogP contribution is -2.06. The molecule has 4 rings (SSSR count). The van der Waals surface area contributed by atoms with E-state index >= 15 is 26.3 Å². The Kier molecular flexibility index (Phi) is 8.51. The highest BCUT2D eigenvalue weighted by Gasteiger charge is 2.46. The minimum Gasteiger partial charge on any atom is -0.237 e. The van der Waals surface area contributed by atoms with Crippen LogP contribution in [0.2, 0.25) is 0 Å². The molecule has 18 heteroatoms. The maximum atomic E-state index is 15.1. The van der Waals surface area contributed by atoms with Gasteiger partial charge in [-0.15, -0.1) is 0 Å². The molecule has 0 bridgehead atoms. The number of rotatable bonds is 3. The minimum absolute atomic E-state index is 0.776. The van der Waals surface area contributed by atoms with Crippen LogP contribution in [0.15, 0.2) is 16.7 Å². The maximum Gasteiger partial charge on any atom is 0.262 e. The Bertz CT molecular complexity index is 2070. The molecule has 1 fully saturated rings. The Labute approximate surface area is 258 Å². The first kappa shape index (κ1) is 33.9. The van der Waals surface area contributed by atoms with E-state index in [4.69, 9.17) is 31.6 Å². The van der Waals surface area contributed by atoms with Gasteiger partial charge in [0, 0.05) is 0 Å². The predicted octanol–water partition coefficient (Wildman–Crippen LogP) is 9.28. The highest BCUT2D eigenvalue weighted by molar-refractivity contribution is 6.10. The number of hydrogen-bond acceptors (Lipinski definition) is 2. The van der Waals surface area contributed by atoms with E-state index < -0.39 is 137 Å². The quantitative estimate of drug-likeness (QED) is 0.121. The first-order chi connectivity index (χ1) is 22.6. The molecule has 0 spiro atoms. The molecule has 0 atom stereocenters. The average Bonchev–Trinajstić information content (AvgIpc) is 3.78. The Morgan fingerprint density at radius 3 is 1.00 bits per heavy atom. The van der Waals surface area contributed by atoms with Crippen LogP contribution in [-0.4, -0.2) is 0 Å². The van der Waals surface area contributed by atoms with E-state index in [1.54, 1.807) is 0 Å². The second-order valence-electron chi connectivity index (χ2n) is 8.83. The van der Waals surface area contributed by atoms with Gasteiger partial charge in [0.1, 0.15) is 41.0 Å². The minimum atomic E-state index is -2.51. The highest BCUT2D eigenvalue weighted by atomic mass is 19.2. The number of benzene rings is 3. The van der Waals surface area contributed by atoms with Crippen molar-refractivity contribution >= 4 is 28.3 Å². The topological polar surface area (TPSA) is 65.0 Å². The molecule has 1 aliphatic carbocycles. The number of nitrogens with zero attached hydrogens (tertiary/aromatic N) is 6. The lowest BCUT2D eigenvalue weighted by molar-refractivity contribution is 0.447. The third kappa shape index (κ3) is 4.57. The summed E-state index contributed by atoms with van der Waals surface area (Å²) in [5.41, 5.74) is -21.3. The van der Waals surface area contributed by atoms with Gasteiger partial charge in [0.15, 0.2) is 46.5 Å². The Balaban J connectivity index is 2.38. The molecule has 6 nitrogen and oxygen atoms in total. The zero-order chi connectivity index (χ0) is 36.1. The van der Waals surface area contributed by atoms with Crippen LogP contribution in [0, 0.1) is 119 Å². The molecule has 48 heavy (non-hydrogen) atoms. The van der Waals surface area contributed by atoms with Crippen molar-refractivity contribution in [2.75, 3.05) is 0 Å². The van der Waals surface area contributed by atoms with Crippen LogP contribution < -0.4 is 0 Å². The van der Waals surface area contributed by atoms with Crippen molar-refractivity contribution in [3.8, 4) is 12.1 Å². The molecule has 0 aromatic heterocycles. The summed E-state index contributed by atoms with van der Waals surface area (Å²) in [6.45, 7) is 28.3. The standard InChI is InChI=1S/C30F12N6/c1-45-27(13-19(35)23(39)29(47-3)24(40)20(13)36)11-9(7(5-43)10-17(33)15(31)8(6-44)16(32)18(10)34)12(11)28(46-2)14-21(37)25(41)30(48-4)26(42)22(14)38. The maximum absolute atomic E-state index is 15.1. The molecule has 0 unspecified atom stereocenters. The summed E-state index contributed by atoms with van der Waals surface area (Å²) in [5.74, 6) is -29.6. The Morgan fingerprint density at radius 1 is 0.438 bits per heavy atom. The summed E-state index contributed by atoms with van der Waals surface area (Å²) in [4.78, 5) is 9.72. The van der Waals surface area contributed by atoms with E-state index in [1.165, 1.54) is 0 Å². The third-order valence-corrected chi connectivity index (χ3v) is 6.55. The normalized spacial score (nSPS) is 13.8. The van der Waals surface area contributed by atoms with Crippen LogP contribution in [0.25, 0.3) is 36.3 Å². The molecular formula is C30F12N6. The lowest BCUT2D eigenvalue weighted by atomic mass is 10.00. The highest BCUT2D eigenvalue weighted by Crippen LogP contribution is 2.58. The van der Waals surface area contributed by atoms with Gasteiger partial charge in [-0.05, 0) is 16.7 Å². The Hall–Kier alpha value is -7.02. The van der Waals surface area contributed by atoms with Gasteiger partial charge >= 0.3 is 0 Å². The number of allylic oxidation sites excluding steroid dienone is 4. The zero-order valence-electron chi connectivity index (χ0n) is 22.2. The molecule has 1 saturated carbocycles. The van der Waals surface area contributed by atoms with E-state index in [1.807, 2.05) is 0 Å². The van der Waals surface area contributed by atoms with Crippen LogP contribution in [0.4, 0.5) is 64.1 Å². The van der Waals surface area contributed by atoms with E-state index in [2.05, 4.69) is 19.4 Å². The Morgan fingerprint density at radius 2 is 0.750 bits per heavy atom. The molecule has 0 aliphatic heterocycles. The second kappa shape index (κ2) is 12.1. The van der Waals surface area contributed by atoms with Gasteiger partial charge in [-0.25, -0.2) is 72.1 Å². The van der Waals surface area contributed by atoms with Crippen LogP contribution >= 0.6 is 0 Å². The number of halogens is 12. The summed E-state index contributed by atoms with van der Waals surface area (Å²) in [7, 11) is 0. The molecule has 0 N–H and O–H groups in total. The van der Waals surface area contributed by atoms with Gasteiger partial charge in [-0.3, -0.25) is 0 Å². The van der Waals surface area contributed by atoms with E-state index in [0.29, 0.717) is 0 Å². The van der Waals surface area contributed by atoms with Crippen molar-refractivity contribution in [2.45, 2.75) is 0 Å². The van der Waals surface area contributed by atoms with Crippen LogP contribution in [0.5, 0.6) is 0 Å². The third-order valence-electron chi connectivity index (χ3n) is 6.55. The summed E-state index contributed by atoms with van der Waals surface area (Å²) in [6, 6.07) is 1.75. The van der Waals surface area contributed by atoms with Gasteiger partial charge in [-0.2, -0.15) is 10.5 Å². The molecule has 0 saturated heterocycles. The summed E-state index contributed by atoms with van der Waals surface area (Å²) in [5, 5.41) is 18.7.